The molecule has 3 N–H and O–H groups in total. The average Bonchev–Trinajstić information content (AvgIpc) is 3.18. The Balaban J connectivity index is 1.69. The van der Waals surface area contributed by atoms with E-state index in [1.807, 2.05) is 27.7 Å². The lowest BCUT2D eigenvalue weighted by Gasteiger charge is -2.21. The standard InChI is InChI=1S/C25H27ClFN7O2/c1-13-20(12-30-34(13)25(2,3)4)32-24(36)31-19-8-15(17(26)9-18(19)27)16-7-14-11-29-22(28-5)10-21(14)33(6)23(16)35/h7-12H,1-6H3,(H,28,29)(H2,31,32,36). The lowest BCUT2D eigenvalue weighted by Crippen LogP contribution is -2.25. The molecule has 0 aliphatic heterocycles. The molecule has 4 aromatic rings. The van der Waals surface area contributed by atoms with Crippen molar-refractivity contribution in [1.82, 2.24) is 19.3 Å². The number of pyridine rings is 2. The quantitative estimate of drug-likeness (QED) is 0.343. The molecule has 0 bridgehead atoms. The van der Waals surface area contributed by atoms with Gasteiger partial charge in [0, 0.05) is 42.9 Å². The number of benzene rings is 1. The maximum absolute atomic E-state index is 14.8. The fourth-order valence-electron chi connectivity index (χ4n) is 4.03. The maximum atomic E-state index is 14.8. The summed E-state index contributed by atoms with van der Waals surface area (Å²) in [6.45, 7) is 7.81. The van der Waals surface area contributed by atoms with Gasteiger partial charge in [0.15, 0.2) is 0 Å². The van der Waals surface area contributed by atoms with Crippen molar-refractivity contribution in [2.24, 2.45) is 7.05 Å². The normalized spacial score (nSPS) is 11.6. The van der Waals surface area contributed by atoms with Gasteiger partial charge in [-0.15, -0.1) is 0 Å². The fourth-order valence-corrected chi connectivity index (χ4v) is 4.28. The zero-order chi connectivity index (χ0) is 26.4. The number of carbonyl (C=O) groups is 1. The largest absolute Gasteiger partial charge is 0.373 e. The van der Waals surface area contributed by atoms with Crippen molar-refractivity contribution >= 4 is 45.7 Å². The van der Waals surface area contributed by atoms with Gasteiger partial charge in [-0.05, 0) is 45.9 Å². The van der Waals surface area contributed by atoms with E-state index in [4.69, 9.17) is 11.6 Å². The molecule has 0 fully saturated rings. The van der Waals surface area contributed by atoms with E-state index in [-0.39, 0.29) is 32.9 Å². The third-order valence-corrected chi connectivity index (χ3v) is 6.17. The van der Waals surface area contributed by atoms with E-state index in [0.29, 0.717) is 22.4 Å². The lowest BCUT2D eigenvalue weighted by atomic mass is 10.0. The van der Waals surface area contributed by atoms with E-state index in [2.05, 4.69) is 26.0 Å². The maximum Gasteiger partial charge on any atom is 0.323 e. The van der Waals surface area contributed by atoms with Gasteiger partial charge in [-0.2, -0.15) is 5.10 Å². The number of aryl methyl sites for hydroxylation is 1. The van der Waals surface area contributed by atoms with Crippen LogP contribution in [0.2, 0.25) is 5.02 Å². The number of halogens is 2. The zero-order valence-electron chi connectivity index (χ0n) is 20.8. The lowest BCUT2D eigenvalue weighted by molar-refractivity contribution is 0.262. The van der Waals surface area contributed by atoms with Crippen LogP contribution in [0.5, 0.6) is 0 Å². The number of urea groups is 1. The van der Waals surface area contributed by atoms with Crippen LogP contribution in [0, 0.1) is 12.7 Å². The molecule has 36 heavy (non-hydrogen) atoms. The highest BCUT2D eigenvalue weighted by molar-refractivity contribution is 6.33. The summed E-state index contributed by atoms with van der Waals surface area (Å²) in [5.41, 5.74) is 1.73. The molecule has 3 aromatic heterocycles. The molecule has 0 radical (unpaired) electrons. The van der Waals surface area contributed by atoms with Gasteiger partial charge in [0.25, 0.3) is 5.56 Å². The molecule has 3 heterocycles. The Labute approximate surface area is 212 Å². The summed E-state index contributed by atoms with van der Waals surface area (Å²) >= 11 is 6.34. The van der Waals surface area contributed by atoms with E-state index in [0.717, 1.165) is 11.8 Å². The van der Waals surface area contributed by atoms with Crippen LogP contribution < -0.4 is 21.5 Å². The number of nitrogens with one attached hydrogen (secondary N) is 3. The number of fused-ring (bicyclic) bond motifs is 1. The summed E-state index contributed by atoms with van der Waals surface area (Å²) in [5.74, 6) is -0.121. The van der Waals surface area contributed by atoms with Crippen LogP contribution in [0.25, 0.3) is 22.0 Å². The molecular formula is C25H27ClFN7O2. The van der Waals surface area contributed by atoms with Gasteiger partial charge in [0.05, 0.1) is 39.3 Å². The number of rotatable bonds is 4. The second kappa shape index (κ2) is 9.27. The smallest absolute Gasteiger partial charge is 0.323 e. The van der Waals surface area contributed by atoms with Crippen LogP contribution in [-0.2, 0) is 12.6 Å². The third kappa shape index (κ3) is 4.64. The molecule has 0 aliphatic carbocycles. The van der Waals surface area contributed by atoms with Gasteiger partial charge in [0.2, 0.25) is 0 Å². The third-order valence-electron chi connectivity index (χ3n) is 5.85. The van der Waals surface area contributed by atoms with E-state index >= 15 is 0 Å². The average molecular weight is 512 g/mol. The van der Waals surface area contributed by atoms with E-state index < -0.39 is 11.8 Å². The van der Waals surface area contributed by atoms with Gasteiger partial charge in [-0.3, -0.25) is 9.48 Å². The molecule has 2 amide bonds. The van der Waals surface area contributed by atoms with Gasteiger partial charge >= 0.3 is 6.03 Å². The molecule has 0 aliphatic rings. The minimum atomic E-state index is -0.737. The van der Waals surface area contributed by atoms with E-state index in [1.54, 1.807) is 37.1 Å². The van der Waals surface area contributed by atoms with Crippen molar-refractivity contribution in [3.05, 3.63) is 63.5 Å². The van der Waals surface area contributed by atoms with Crippen molar-refractivity contribution in [2.75, 3.05) is 23.0 Å². The summed E-state index contributed by atoms with van der Waals surface area (Å²) in [6.07, 6.45) is 3.17. The minimum Gasteiger partial charge on any atom is -0.373 e. The fraction of sp³-hybridized carbons (Fsp3) is 0.280. The highest BCUT2D eigenvalue weighted by Crippen LogP contribution is 2.33. The molecule has 9 nitrogen and oxygen atoms in total. The summed E-state index contributed by atoms with van der Waals surface area (Å²) in [4.78, 5) is 30.2. The van der Waals surface area contributed by atoms with Crippen molar-refractivity contribution in [2.45, 2.75) is 33.2 Å². The number of hydrogen-bond donors (Lipinski definition) is 3. The van der Waals surface area contributed by atoms with E-state index in [9.17, 15) is 14.0 Å². The van der Waals surface area contributed by atoms with Crippen molar-refractivity contribution < 1.29 is 9.18 Å². The van der Waals surface area contributed by atoms with E-state index in [1.165, 1.54) is 16.8 Å². The number of anilines is 3. The first-order chi connectivity index (χ1) is 16.9. The Morgan fingerprint density at radius 2 is 1.75 bits per heavy atom. The first-order valence-corrected chi connectivity index (χ1v) is 11.6. The Bertz CT molecular complexity index is 1550. The molecule has 0 saturated heterocycles. The molecule has 0 atom stereocenters. The van der Waals surface area contributed by atoms with Gasteiger partial charge in [-0.25, -0.2) is 14.2 Å². The first-order valence-electron chi connectivity index (χ1n) is 11.2. The first kappa shape index (κ1) is 25.2. The van der Waals surface area contributed by atoms with Gasteiger partial charge < -0.3 is 20.5 Å². The molecule has 188 valence electrons. The Morgan fingerprint density at radius 1 is 1.06 bits per heavy atom. The van der Waals surface area contributed by atoms with Crippen molar-refractivity contribution in [3.63, 3.8) is 0 Å². The molecule has 0 unspecified atom stereocenters. The summed E-state index contributed by atoms with van der Waals surface area (Å²) in [6, 6.07) is 5.17. The van der Waals surface area contributed by atoms with Crippen molar-refractivity contribution in [3.8, 4) is 11.1 Å². The second-order valence-corrected chi connectivity index (χ2v) is 9.83. The second-order valence-electron chi connectivity index (χ2n) is 9.42. The predicted molar refractivity (Wildman–Crippen MR) is 142 cm³/mol. The highest BCUT2D eigenvalue weighted by atomic mass is 35.5. The topological polar surface area (TPSA) is 106 Å². The molecule has 4 rings (SSSR count). The summed E-state index contributed by atoms with van der Waals surface area (Å²) in [7, 11) is 3.37. The Morgan fingerprint density at radius 3 is 2.39 bits per heavy atom. The molecule has 0 saturated carbocycles. The number of aromatic nitrogens is 4. The van der Waals surface area contributed by atoms with Crippen molar-refractivity contribution in [1.29, 1.82) is 0 Å². The van der Waals surface area contributed by atoms with Crippen LogP contribution in [-0.4, -0.2) is 32.4 Å². The summed E-state index contributed by atoms with van der Waals surface area (Å²) < 4.78 is 18.0. The van der Waals surface area contributed by atoms with Crippen LogP contribution >= 0.6 is 11.6 Å². The van der Waals surface area contributed by atoms with Gasteiger partial charge in [0.1, 0.15) is 11.6 Å². The Hall–Kier alpha value is -3.92. The van der Waals surface area contributed by atoms with Crippen LogP contribution in [0.4, 0.5) is 26.4 Å². The van der Waals surface area contributed by atoms with Crippen LogP contribution in [0.1, 0.15) is 26.5 Å². The zero-order valence-corrected chi connectivity index (χ0v) is 21.6. The summed E-state index contributed by atoms with van der Waals surface area (Å²) in [5, 5.41) is 13.2. The minimum absolute atomic E-state index is 0.0389. The Kier molecular flexibility index (Phi) is 6.48. The van der Waals surface area contributed by atoms with Crippen LogP contribution in [0.15, 0.2) is 41.5 Å². The molecule has 0 spiro atoms. The highest BCUT2D eigenvalue weighted by Gasteiger charge is 2.21. The predicted octanol–water partition coefficient (Wildman–Crippen LogP) is 5.34. The molecule has 11 heteroatoms. The molecule has 1 aromatic carbocycles. The number of hydrogen-bond acceptors (Lipinski definition) is 5. The van der Waals surface area contributed by atoms with Crippen LogP contribution in [0.3, 0.4) is 0 Å². The number of amides is 2. The monoisotopic (exact) mass is 511 g/mol. The number of carbonyl (C=O) groups excluding carboxylic acids is 1. The number of nitrogens with zero attached hydrogens (tertiary/aromatic N) is 4. The molecular weight excluding hydrogens is 485 g/mol. The van der Waals surface area contributed by atoms with Gasteiger partial charge in [-0.1, -0.05) is 11.6 Å². The SMILES string of the molecule is CNc1cc2c(cn1)cc(-c1cc(NC(=O)Nc3cnn(C(C)(C)C)c3C)c(F)cc1Cl)c(=O)n2C.